The summed E-state index contributed by atoms with van der Waals surface area (Å²) in [6.45, 7) is 5.61. The zero-order valence-electron chi connectivity index (χ0n) is 20.5. The van der Waals surface area contributed by atoms with E-state index in [0.29, 0.717) is 11.4 Å². The maximum Gasteiger partial charge on any atom is 0.353 e. The minimum Gasteiger partial charge on any atom is -0.478 e. The Hall–Kier alpha value is -4.93. The average Bonchev–Trinajstić information content (AvgIpc) is 2.87. The number of nitrogens with two attached hydrogens (primary N) is 1. The van der Waals surface area contributed by atoms with Gasteiger partial charge in [-0.1, -0.05) is 29.8 Å². The summed E-state index contributed by atoms with van der Waals surface area (Å²) in [5, 5.41) is 8.98. The molecule has 2 aromatic carbocycles. The first-order valence-corrected chi connectivity index (χ1v) is 11.4. The van der Waals surface area contributed by atoms with Crippen LogP contribution in [0.25, 0.3) is 0 Å². The lowest BCUT2D eigenvalue weighted by Gasteiger charge is -2.16. The maximum atomic E-state index is 13.3. The van der Waals surface area contributed by atoms with E-state index >= 15 is 0 Å². The second kappa shape index (κ2) is 10.4. The molecule has 0 spiro atoms. The van der Waals surface area contributed by atoms with Gasteiger partial charge in [0.2, 0.25) is 11.5 Å². The summed E-state index contributed by atoms with van der Waals surface area (Å²) in [5.74, 6) is 5.71. The molecule has 11 nitrogen and oxygen atoms in total. The van der Waals surface area contributed by atoms with Gasteiger partial charge in [-0.3, -0.25) is 4.57 Å². The van der Waals surface area contributed by atoms with Crippen LogP contribution < -0.4 is 27.6 Å². The highest BCUT2D eigenvalue weighted by atomic mass is 16.5. The fraction of sp³-hybridized carbons (Fsp3) is 0.192. The largest absolute Gasteiger partial charge is 0.478 e. The van der Waals surface area contributed by atoms with Gasteiger partial charge in [-0.05, 0) is 56.7 Å². The van der Waals surface area contributed by atoms with Crippen LogP contribution in [0.3, 0.4) is 0 Å². The third-order valence-corrected chi connectivity index (χ3v) is 5.56. The van der Waals surface area contributed by atoms with Crippen molar-refractivity contribution in [2.24, 2.45) is 4.99 Å². The van der Waals surface area contributed by atoms with Crippen LogP contribution in [0.2, 0.25) is 0 Å². The lowest BCUT2D eigenvalue weighted by molar-refractivity contribution is 0.0696. The number of nitrogen functional groups attached to an aromatic ring is 1. The van der Waals surface area contributed by atoms with Gasteiger partial charge < -0.3 is 15.7 Å². The number of carboxylic acids is 1. The van der Waals surface area contributed by atoms with E-state index in [9.17, 15) is 14.4 Å². The molecule has 0 amide bonds. The molecule has 0 saturated carbocycles. The van der Waals surface area contributed by atoms with Crippen LogP contribution in [-0.4, -0.2) is 29.9 Å². The van der Waals surface area contributed by atoms with Crippen LogP contribution in [0.5, 0.6) is 11.6 Å². The predicted molar refractivity (Wildman–Crippen MR) is 137 cm³/mol. The van der Waals surface area contributed by atoms with Crippen molar-refractivity contribution in [2.75, 3.05) is 5.84 Å². The van der Waals surface area contributed by atoms with Gasteiger partial charge in [-0.2, -0.15) is 4.68 Å². The van der Waals surface area contributed by atoms with Gasteiger partial charge >= 0.3 is 17.3 Å². The Morgan fingerprint density at radius 1 is 1.03 bits per heavy atom. The molecule has 0 aliphatic carbocycles. The molecular formula is C26H26N6O5. The first-order valence-electron chi connectivity index (χ1n) is 11.4. The van der Waals surface area contributed by atoms with E-state index in [2.05, 4.69) is 9.98 Å². The summed E-state index contributed by atoms with van der Waals surface area (Å²) >= 11 is 0. The van der Waals surface area contributed by atoms with Crippen molar-refractivity contribution < 1.29 is 14.6 Å². The molecule has 0 unspecified atom stereocenters. The van der Waals surface area contributed by atoms with E-state index in [4.69, 9.17) is 15.7 Å². The van der Waals surface area contributed by atoms with Gasteiger partial charge in [0.05, 0.1) is 17.8 Å². The topological polar surface area (TPSA) is 147 Å². The molecule has 4 rings (SSSR count). The number of hydrogen-bond acceptors (Lipinski definition) is 7. The number of aromatic carboxylic acids is 1. The Morgan fingerprint density at radius 2 is 1.70 bits per heavy atom. The number of carbonyl (C=O) groups is 1. The quantitative estimate of drug-likeness (QED) is 0.369. The minimum atomic E-state index is -1.08. The molecule has 0 fully saturated rings. The second-order valence-electron chi connectivity index (χ2n) is 8.67. The highest BCUT2D eigenvalue weighted by molar-refractivity contribution is 5.87. The number of ether oxygens (including phenoxy) is 1. The number of benzene rings is 2. The molecule has 0 bridgehead atoms. The van der Waals surface area contributed by atoms with Crippen LogP contribution >= 0.6 is 0 Å². The van der Waals surface area contributed by atoms with Crippen molar-refractivity contribution in [2.45, 2.75) is 33.4 Å². The SMILES string of the molecule is Cc1ccc(Cn2c(=O)n(C(C)C)c(=O)n(N)/c2=N\c2ccc(Oc3ccc(C(=O)O)cn3)cc2)cc1. The minimum absolute atomic E-state index is 0.00734. The van der Waals surface area contributed by atoms with E-state index in [1.165, 1.54) is 22.9 Å². The summed E-state index contributed by atoms with van der Waals surface area (Å²) in [4.78, 5) is 45.7. The summed E-state index contributed by atoms with van der Waals surface area (Å²) in [7, 11) is 0. The first-order chi connectivity index (χ1) is 17.6. The van der Waals surface area contributed by atoms with Gasteiger partial charge in [0, 0.05) is 18.3 Å². The van der Waals surface area contributed by atoms with Crippen LogP contribution in [-0.2, 0) is 6.54 Å². The Bertz CT molecular complexity index is 1610. The molecule has 2 heterocycles. The molecule has 0 atom stereocenters. The molecule has 4 aromatic rings. The van der Waals surface area contributed by atoms with Crippen LogP contribution in [0, 0.1) is 6.92 Å². The van der Waals surface area contributed by atoms with Gasteiger partial charge in [0.1, 0.15) is 5.75 Å². The van der Waals surface area contributed by atoms with Gasteiger partial charge in [0.25, 0.3) is 0 Å². The molecule has 37 heavy (non-hydrogen) atoms. The molecule has 0 saturated heterocycles. The lowest BCUT2D eigenvalue weighted by atomic mass is 10.1. The van der Waals surface area contributed by atoms with Gasteiger partial charge in [-0.25, -0.2) is 28.9 Å². The van der Waals surface area contributed by atoms with Crippen molar-refractivity contribution in [3.8, 4) is 11.6 Å². The molecule has 0 radical (unpaired) electrons. The van der Waals surface area contributed by atoms with E-state index in [1.54, 1.807) is 38.1 Å². The predicted octanol–water partition coefficient (Wildman–Crippen LogP) is 2.58. The summed E-state index contributed by atoms with van der Waals surface area (Å²) in [5.41, 5.74) is 1.21. The van der Waals surface area contributed by atoms with Crippen molar-refractivity contribution in [1.82, 2.24) is 18.8 Å². The summed E-state index contributed by atoms with van der Waals surface area (Å²) in [6.07, 6.45) is 1.20. The fourth-order valence-corrected chi connectivity index (χ4v) is 3.59. The van der Waals surface area contributed by atoms with E-state index in [0.717, 1.165) is 20.4 Å². The highest BCUT2D eigenvalue weighted by Crippen LogP contribution is 2.22. The van der Waals surface area contributed by atoms with Crippen LogP contribution in [0.1, 0.15) is 41.4 Å². The first kappa shape index (κ1) is 25.2. The molecule has 2 aromatic heterocycles. The normalized spacial score (nSPS) is 11.6. The third-order valence-electron chi connectivity index (χ3n) is 5.56. The standard InChI is InChI=1S/C26H26N6O5/c1-16(2)31-25(35)30(15-18-6-4-17(3)5-7-18)24(32(27)26(31)36)29-20-9-11-21(12-10-20)37-22-13-8-19(14-28-22)23(33)34/h4-14,16H,15,27H2,1-3H3,(H,33,34)/b29-24-. The average molecular weight is 503 g/mol. The fourth-order valence-electron chi connectivity index (χ4n) is 3.59. The molecular weight excluding hydrogens is 476 g/mol. The molecule has 3 N–H and O–H groups in total. The summed E-state index contributed by atoms with van der Waals surface area (Å²) in [6, 6.07) is 16.7. The maximum absolute atomic E-state index is 13.3. The zero-order chi connectivity index (χ0) is 26.7. The van der Waals surface area contributed by atoms with Crippen molar-refractivity contribution in [3.05, 3.63) is 110 Å². The monoisotopic (exact) mass is 502 g/mol. The van der Waals surface area contributed by atoms with Crippen molar-refractivity contribution >= 4 is 11.7 Å². The number of hydrogen-bond donors (Lipinski definition) is 2. The number of aryl methyl sites for hydroxylation is 1. The zero-order valence-corrected chi connectivity index (χ0v) is 20.5. The molecule has 0 aliphatic heterocycles. The van der Waals surface area contributed by atoms with Gasteiger partial charge in [-0.15, -0.1) is 0 Å². The Kier molecular flexibility index (Phi) is 7.05. The van der Waals surface area contributed by atoms with E-state index in [1.807, 2.05) is 31.2 Å². The van der Waals surface area contributed by atoms with Crippen LogP contribution in [0.15, 0.2) is 81.4 Å². The number of rotatable bonds is 7. The molecule has 11 heteroatoms. The molecule has 190 valence electrons. The van der Waals surface area contributed by atoms with Crippen LogP contribution in [0.4, 0.5) is 5.69 Å². The second-order valence-corrected chi connectivity index (χ2v) is 8.67. The Balaban J connectivity index is 1.73. The number of nitrogens with zero attached hydrogens (tertiary/aromatic N) is 5. The van der Waals surface area contributed by atoms with E-state index < -0.39 is 23.4 Å². The number of pyridine rings is 1. The lowest BCUT2D eigenvalue weighted by Crippen LogP contribution is -2.58. The summed E-state index contributed by atoms with van der Waals surface area (Å²) < 4.78 is 8.98. The third kappa shape index (κ3) is 5.50. The number of aromatic nitrogens is 4. The van der Waals surface area contributed by atoms with Gasteiger partial charge in [0.15, 0.2) is 0 Å². The number of carboxylic acid groups (broad SMARTS) is 1. The smallest absolute Gasteiger partial charge is 0.353 e. The highest BCUT2D eigenvalue weighted by Gasteiger charge is 2.16. The van der Waals surface area contributed by atoms with Crippen molar-refractivity contribution in [3.63, 3.8) is 0 Å². The van der Waals surface area contributed by atoms with Crippen molar-refractivity contribution in [1.29, 1.82) is 0 Å². The Labute approximate surface area is 211 Å². The van der Waals surface area contributed by atoms with E-state index in [-0.39, 0.29) is 23.6 Å². The molecule has 0 aliphatic rings. The Morgan fingerprint density at radius 3 is 2.27 bits per heavy atom.